The molecule has 0 aromatic carbocycles. The molecule has 1 aliphatic rings. The molecule has 0 bridgehead atoms. The smallest absolute Gasteiger partial charge is 0.272 e. The summed E-state index contributed by atoms with van der Waals surface area (Å²) in [4.78, 5) is 17.9. The highest BCUT2D eigenvalue weighted by atomic mass is 16.2. The number of carbonyl (C=O) groups is 1. The molecule has 1 atom stereocenters. The van der Waals surface area contributed by atoms with Crippen molar-refractivity contribution < 1.29 is 4.79 Å². The topological polar surface area (TPSA) is 69.0 Å². The van der Waals surface area contributed by atoms with Gasteiger partial charge in [0.2, 0.25) is 0 Å². The summed E-state index contributed by atoms with van der Waals surface area (Å²) in [6.07, 6.45) is 1.43. The molecule has 5 heteroatoms. The average Bonchev–Trinajstić information content (AvgIpc) is 2.38. The van der Waals surface area contributed by atoms with Crippen LogP contribution in [0.3, 0.4) is 0 Å². The minimum Gasteiger partial charge on any atom is -0.334 e. The second-order valence-corrected chi connectivity index (χ2v) is 4.15. The van der Waals surface area contributed by atoms with Gasteiger partial charge in [-0.05, 0) is 19.1 Å². The predicted octanol–water partition coefficient (Wildman–Crippen LogP) is 0.387. The van der Waals surface area contributed by atoms with Gasteiger partial charge < -0.3 is 10.2 Å². The third-order valence-corrected chi connectivity index (χ3v) is 2.77. The van der Waals surface area contributed by atoms with Crippen LogP contribution in [-0.2, 0) is 0 Å². The lowest BCUT2D eigenvalue weighted by Crippen LogP contribution is -2.51. The second-order valence-electron chi connectivity index (χ2n) is 4.15. The van der Waals surface area contributed by atoms with E-state index in [9.17, 15) is 4.79 Å². The Morgan fingerprint density at radius 3 is 3.06 bits per heavy atom. The first kappa shape index (κ1) is 11.6. The van der Waals surface area contributed by atoms with Crippen molar-refractivity contribution in [3.05, 3.63) is 29.6 Å². The van der Waals surface area contributed by atoms with Gasteiger partial charge in [0.15, 0.2) is 0 Å². The fraction of sp³-hybridized carbons (Fsp3) is 0.417. The highest BCUT2D eigenvalue weighted by Crippen LogP contribution is 2.06. The highest BCUT2D eigenvalue weighted by Gasteiger charge is 2.22. The van der Waals surface area contributed by atoms with Gasteiger partial charge in [-0.25, -0.2) is 4.98 Å². The molecule has 0 spiro atoms. The van der Waals surface area contributed by atoms with Crippen LogP contribution in [0.5, 0.6) is 0 Å². The van der Waals surface area contributed by atoms with Crippen LogP contribution >= 0.6 is 0 Å². The molecule has 2 rings (SSSR count). The minimum atomic E-state index is -0.0668. The van der Waals surface area contributed by atoms with Gasteiger partial charge in [-0.1, -0.05) is 0 Å². The third-order valence-electron chi connectivity index (χ3n) is 2.77. The Bertz CT molecular complexity index is 449. The zero-order valence-electron chi connectivity index (χ0n) is 9.68. The van der Waals surface area contributed by atoms with Crippen molar-refractivity contribution in [1.29, 1.82) is 5.26 Å². The molecule has 1 N–H and O–H groups in total. The van der Waals surface area contributed by atoms with Crippen LogP contribution in [0.1, 0.15) is 23.0 Å². The SMILES string of the molecule is C[C@H]1CN(C(=O)c2ccc(C#N)cn2)CCN1. The summed E-state index contributed by atoms with van der Waals surface area (Å²) in [5.74, 6) is -0.0668. The first-order chi connectivity index (χ1) is 8.20. The number of nitrogens with zero attached hydrogens (tertiary/aromatic N) is 3. The molecule has 1 amide bonds. The maximum absolute atomic E-state index is 12.1. The summed E-state index contributed by atoms with van der Waals surface area (Å²) in [5.41, 5.74) is 0.869. The Kier molecular flexibility index (Phi) is 3.35. The number of piperazine rings is 1. The first-order valence-corrected chi connectivity index (χ1v) is 5.59. The van der Waals surface area contributed by atoms with Gasteiger partial charge in [0, 0.05) is 31.9 Å². The number of rotatable bonds is 1. The summed E-state index contributed by atoms with van der Waals surface area (Å²) < 4.78 is 0. The molecular formula is C12H14N4O. The largest absolute Gasteiger partial charge is 0.334 e. The molecule has 88 valence electrons. The molecule has 1 aliphatic heterocycles. The number of carbonyl (C=O) groups excluding carboxylic acids is 1. The van der Waals surface area contributed by atoms with Crippen molar-refractivity contribution in [2.45, 2.75) is 13.0 Å². The van der Waals surface area contributed by atoms with Crippen LogP contribution in [0, 0.1) is 11.3 Å². The Balaban J connectivity index is 2.11. The molecule has 0 unspecified atom stereocenters. The first-order valence-electron chi connectivity index (χ1n) is 5.59. The normalized spacial score (nSPS) is 19.8. The quantitative estimate of drug-likeness (QED) is 0.757. The van der Waals surface area contributed by atoms with Crippen LogP contribution in [0.2, 0.25) is 0 Å². The van der Waals surface area contributed by atoms with E-state index in [0.717, 1.165) is 6.54 Å². The number of pyridine rings is 1. The maximum Gasteiger partial charge on any atom is 0.272 e. The fourth-order valence-electron chi connectivity index (χ4n) is 1.87. The van der Waals surface area contributed by atoms with Crippen molar-refractivity contribution >= 4 is 5.91 Å². The molecule has 1 aromatic heterocycles. The highest BCUT2D eigenvalue weighted by molar-refractivity contribution is 5.92. The van der Waals surface area contributed by atoms with E-state index in [4.69, 9.17) is 5.26 Å². The van der Waals surface area contributed by atoms with E-state index < -0.39 is 0 Å². The van der Waals surface area contributed by atoms with Gasteiger partial charge in [0.05, 0.1) is 5.56 Å². The van der Waals surface area contributed by atoms with E-state index in [-0.39, 0.29) is 5.91 Å². The van der Waals surface area contributed by atoms with Gasteiger partial charge in [0.1, 0.15) is 11.8 Å². The molecule has 5 nitrogen and oxygen atoms in total. The van der Waals surface area contributed by atoms with Crippen LogP contribution in [0.15, 0.2) is 18.3 Å². The standard InChI is InChI=1S/C12H14N4O/c1-9-8-16(5-4-14-9)12(17)11-3-2-10(6-13)7-15-11/h2-3,7,9,14H,4-5,8H2,1H3/t9-/m0/s1. The Morgan fingerprint density at radius 1 is 1.65 bits per heavy atom. The molecule has 0 radical (unpaired) electrons. The van der Waals surface area contributed by atoms with E-state index in [2.05, 4.69) is 10.3 Å². The second kappa shape index (κ2) is 4.93. The summed E-state index contributed by atoms with van der Waals surface area (Å²) in [6.45, 7) is 4.25. The molecule has 0 saturated carbocycles. The van der Waals surface area contributed by atoms with Gasteiger partial charge in [-0.15, -0.1) is 0 Å². The molecule has 1 saturated heterocycles. The molecule has 1 aromatic rings. The number of nitrogens with one attached hydrogen (secondary N) is 1. The molecule has 17 heavy (non-hydrogen) atoms. The number of hydrogen-bond donors (Lipinski definition) is 1. The van der Waals surface area contributed by atoms with Crippen molar-refractivity contribution in [1.82, 2.24) is 15.2 Å². The summed E-state index contributed by atoms with van der Waals surface area (Å²) in [7, 11) is 0. The summed E-state index contributed by atoms with van der Waals surface area (Å²) >= 11 is 0. The molecule has 2 heterocycles. The monoisotopic (exact) mass is 230 g/mol. The van der Waals surface area contributed by atoms with Gasteiger partial charge in [0.25, 0.3) is 5.91 Å². The third kappa shape index (κ3) is 2.60. The Hall–Kier alpha value is -1.93. The Morgan fingerprint density at radius 2 is 2.47 bits per heavy atom. The van der Waals surface area contributed by atoms with Crippen LogP contribution in [0.4, 0.5) is 0 Å². The minimum absolute atomic E-state index is 0.0668. The van der Waals surface area contributed by atoms with Crippen LogP contribution < -0.4 is 5.32 Å². The number of nitriles is 1. The lowest BCUT2D eigenvalue weighted by Gasteiger charge is -2.31. The number of amides is 1. The molecular weight excluding hydrogens is 216 g/mol. The maximum atomic E-state index is 12.1. The predicted molar refractivity (Wildman–Crippen MR) is 62.3 cm³/mol. The zero-order chi connectivity index (χ0) is 12.3. The Labute approximate surface area is 100 Å². The van der Waals surface area contributed by atoms with Crippen molar-refractivity contribution in [3.8, 4) is 6.07 Å². The van der Waals surface area contributed by atoms with Crippen molar-refractivity contribution in [3.63, 3.8) is 0 Å². The number of hydrogen-bond acceptors (Lipinski definition) is 4. The van der Waals surface area contributed by atoms with Crippen molar-refractivity contribution in [2.24, 2.45) is 0 Å². The lowest BCUT2D eigenvalue weighted by atomic mass is 10.2. The molecule has 0 aliphatic carbocycles. The van der Waals surface area contributed by atoms with Gasteiger partial charge in [-0.3, -0.25) is 4.79 Å². The van der Waals surface area contributed by atoms with Crippen molar-refractivity contribution in [2.75, 3.05) is 19.6 Å². The van der Waals surface area contributed by atoms with E-state index >= 15 is 0 Å². The average molecular weight is 230 g/mol. The summed E-state index contributed by atoms with van der Waals surface area (Å²) in [5, 5.41) is 11.9. The fourth-order valence-corrected chi connectivity index (χ4v) is 1.87. The zero-order valence-corrected chi connectivity index (χ0v) is 9.68. The van der Waals surface area contributed by atoms with E-state index in [0.29, 0.717) is 30.4 Å². The summed E-state index contributed by atoms with van der Waals surface area (Å²) in [6, 6.07) is 5.52. The number of aromatic nitrogens is 1. The van der Waals surface area contributed by atoms with Crippen LogP contribution in [0.25, 0.3) is 0 Å². The van der Waals surface area contributed by atoms with Gasteiger partial charge in [-0.2, -0.15) is 5.26 Å². The van der Waals surface area contributed by atoms with Gasteiger partial charge >= 0.3 is 0 Å². The van der Waals surface area contributed by atoms with E-state index in [1.54, 1.807) is 17.0 Å². The van der Waals surface area contributed by atoms with E-state index in [1.807, 2.05) is 13.0 Å². The van der Waals surface area contributed by atoms with E-state index in [1.165, 1.54) is 6.20 Å². The van der Waals surface area contributed by atoms with Crippen LogP contribution in [-0.4, -0.2) is 41.5 Å². The molecule has 1 fully saturated rings. The lowest BCUT2D eigenvalue weighted by molar-refractivity contribution is 0.0703.